The third-order valence-corrected chi connectivity index (χ3v) is 3.94. The molecule has 3 heterocycles. The highest BCUT2D eigenvalue weighted by atomic mass is 15.1. The molecule has 20 heavy (non-hydrogen) atoms. The molecule has 0 unspecified atom stereocenters. The Morgan fingerprint density at radius 2 is 2.20 bits per heavy atom. The van der Waals surface area contributed by atoms with Crippen LogP contribution in [0, 0.1) is 0 Å². The minimum Gasteiger partial charge on any atom is -0.385 e. The molecule has 4 nitrogen and oxygen atoms in total. The van der Waals surface area contributed by atoms with Crippen molar-refractivity contribution in [3.8, 4) is 11.5 Å². The number of imidazole rings is 1. The van der Waals surface area contributed by atoms with Gasteiger partial charge < -0.3 is 9.88 Å². The van der Waals surface area contributed by atoms with E-state index >= 15 is 0 Å². The molecular weight excluding hydrogens is 248 g/mol. The van der Waals surface area contributed by atoms with E-state index in [4.69, 9.17) is 4.98 Å². The lowest BCUT2D eigenvalue weighted by atomic mass is 10.0. The number of aryl methyl sites for hydroxylation is 2. The molecule has 0 bridgehead atoms. The maximum absolute atomic E-state index is 4.76. The average Bonchev–Trinajstić information content (AvgIpc) is 2.83. The van der Waals surface area contributed by atoms with Gasteiger partial charge in [0.25, 0.3) is 0 Å². The predicted octanol–water partition coefficient (Wildman–Crippen LogP) is 2.99. The first-order valence-corrected chi connectivity index (χ1v) is 6.97. The Bertz CT molecular complexity index is 774. The molecule has 2 aromatic heterocycles. The molecular formula is C16H16N4. The summed E-state index contributed by atoms with van der Waals surface area (Å²) in [6.07, 6.45) is 4.13. The summed E-state index contributed by atoms with van der Waals surface area (Å²) in [4.78, 5) is 9.17. The Labute approximate surface area is 117 Å². The largest absolute Gasteiger partial charge is 0.385 e. The number of hydrogen-bond donors (Lipinski definition) is 1. The number of fused-ring (bicyclic) bond motifs is 2. The van der Waals surface area contributed by atoms with Gasteiger partial charge in [-0.25, -0.2) is 4.98 Å². The molecule has 0 aliphatic carbocycles. The summed E-state index contributed by atoms with van der Waals surface area (Å²) in [6, 6.07) is 10.3. The lowest BCUT2D eigenvalue weighted by molar-refractivity contribution is 0.831. The van der Waals surface area contributed by atoms with Gasteiger partial charge in [0.05, 0.1) is 11.0 Å². The van der Waals surface area contributed by atoms with Crippen LogP contribution in [0.2, 0.25) is 0 Å². The Balaban J connectivity index is 1.94. The fourth-order valence-electron chi connectivity index (χ4n) is 2.88. The topological polar surface area (TPSA) is 42.7 Å². The molecule has 0 spiro atoms. The highest BCUT2D eigenvalue weighted by Crippen LogP contribution is 2.29. The number of hydrogen-bond acceptors (Lipinski definition) is 3. The first-order chi connectivity index (χ1) is 9.83. The molecule has 0 atom stereocenters. The number of nitrogens with zero attached hydrogens (tertiary/aromatic N) is 3. The molecule has 1 aliphatic heterocycles. The zero-order chi connectivity index (χ0) is 13.5. The third-order valence-electron chi connectivity index (χ3n) is 3.94. The Morgan fingerprint density at radius 1 is 1.25 bits per heavy atom. The van der Waals surface area contributed by atoms with E-state index in [2.05, 4.69) is 34.0 Å². The van der Waals surface area contributed by atoms with E-state index in [-0.39, 0.29) is 0 Å². The van der Waals surface area contributed by atoms with Crippen molar-refractivity contribution >= 4 is 16.7 Å². The molecule has 0 amide bonds. The van der Waals surface area contributed by atoms with Gasteiger partial charge >= 0.3 is 0 Å². The molecule has 0 saturated carbocycles. The number of benzene rings is 1. The third kappa shape index (κ3) is 1.68. The van der Waals surface area contributed by atoms with Crippen LogP contribution in [-0.2, 0) is 13.5 Å². The second kappa shape index (κ2) is 4.34. The molecule has 0 radical (unpaired) electrons. The molecule has 1 N–H and O–H groups in total. The van der Waals surface area contributed by atoms with Crippen LogP contribution in [0.25, 0.3) is 22.6 Å². The number of nitrogens with one attached hydrogen (secondary N) is 1. The smallest absolute Gasteiger partial charge is 0.159 e. The summed E-state index contributed by atoms with van der Waals surface area (Å²) < 4.78 is 2.12. The quantitative estimate of drug-likeness (QED) is 0.734. The first kappa shape index (κ1) is 11.5. The molecule has 0 saturated heterocycles. The van der Waals surface area contributed by atoms with Crippen LogP contribution >= 0.6 is 0 Å². The van der Waals surface area contributed by atoms with Crippen molar-refractivity contribution in [1.29, 1.82) is 0 Å². The Kier molecular flexibility index (Phi) is 2.49. The molecule has 1 aromatic carbocycles. The summed E-state index contributed by atoms with van der Waals surface area (Å²) in [6.45, 7) is 1.06. The van der Waals surface area contributed by atoms with Crippen LogP contribution in [0.5, 0.6) is 0 Å². The lowest BCUT2D eigenvalue weighted by Crippen LogP contribution is -2.11. The zero-order valence-electron chi connectivity index (χ0n) is 11.4. The first-order valence-electron chi connectivity index (χ1n) is 6.97. The van der Waals surface area contributed by atoms with Crippen LogP contribution in [0.1, 0.15) is 12.0 Å². The standard InChI is InChI=1S/C16H16N4/c1-20-15-10-13-11(5-4-8-18-13)9-14(15)19-16(20)12-6-2-3-7-17-12/h2-3,6-7,9-10,18H,4-5,8H2,1H3. The maximum Gasteiger partial charge on any atom is 0.159 e. The van der Waals surface area contributed by atoms with Crippen LogP contribution in [0.3, 0.4) is 0 Å². The SMILES string of the molecule is Cn1c(-c2ccccn2)nc2cc3c(cc21)NCCC3. The minimum absolute atomic E-state index is 0.914. The van der Waals surface area contributed by atoms with Gasteiger partial charge in [-0.1, -0.05) is 6.07 Å². The van der Waals surface area contributed by atoms with Crippen molar-refractivity contribution in [1.82, 2.24) is 14.5 Å². The molecule has 4 heteroatoms. The van der Waals surface area contributed by atoms with Crippen molar-refractivity contribution in [2.45, 2.75) is 12.8 Å². The van der Waals surface area contributed by atoms with E-state index in [1.165, 1.54) is 17.7 Å². The molecule has 3 aromatic rings. The molecule has 0 fully saturated rings. The fourth-order valence-corrected chi connectivity index (χ4v) is 2.88. The van der Waals surface area contributed by atoms with Crippen LogP contribution in [0.4, 0.5) is 5.69 Å². The number of rotatable bonds is 1. The van der Waals surface area contributed by atoms with E-state index in [1.54, 1.807) is 6.20 Å². The lowest BCUT2D eigenvalue weighted by Gasteiger charge is -2.17. The maximum atomic E-state index is 4.76. The summed E-state index contributed by atoms with van der Waals surface area (Å²) in [5.74, 6) is 0.919. The summed E-state index contributed by atoms with van der Waals surface area (Å²) >= 11 is 0. The van der Waals surface area contributed by atoms with Gasteiger partial charge in [0.2, 0.25) is 0 Å². The monoisotopic (exact) mass is 264 g/mol. The van der Waals surface area contributed by atoms with Gasteiger partial charge in [0.1, 0.15) is 5.69 Å². The van der Waals surface area contributed by atoms with Gasteiger partial charge in [-0.2, -0.15) is 0 Å². The highest BCUT2D eigenvalue weighted by Gasteiger charge is 2.15. The highest BCUT2D eigenvalue weighted by molar-refractivity contribution is 5.85. The number of anilines is 1. The summed E-state index contributed by atoms with van der Waals surface area (Å²) in [5, 5.41) is 3.47. The Hall–Kier alpha value is -2.36. The van der Waals surface area contributed by atoms with Gasteiger partial charge in [-0.05, 0) is 42.7 Å². The second-order valence-corrected chi connectivity index (χ2v) is 5.24. The van der Waals surface area contributed by atoms with E-state index < -0.39 is 0 Å². The van der Waals surface area contributed by atoms with Gasteiger partial charge in [-0.3, -0.25) is 4.98 Å². The predicted molar refractivity (Wildman–Crippen MR) is 80.8 cm³/mol. The summed E-state index contributed by atoms with van der Waals surface area (Å²) in [5.41, 5.74) is 5.74. The zero-order valence-corrected chi connectivity index (χ0v) is 11.4. The normalized spacial score (nSPS) is 14.1. The van der Waals surface area contributed by atoms with Crippen molar-refractivity contribution < 1.29 is 0 Å². The van der Waals surface area contributed by atoms with E-state index in [1.807, 2.05) is 18.2 Å². The van der Waals surface area contributed by atoms with E-state index in [0.29, 0.717) is 0 Å². The fraction of sp³-hybridized carbons (Fsp3) is 0.250. The average molecular weight is 264 g/mol. The van der Waals surface area contributed by atoms with E-state index in [9.17, 15) is 0 Å². The number of aromatic nitrogens is 3. The summed E-state index contributed by atoms with van der Waals surface area (Å²) in [7, 11) is 2.05. The Morgan fingerprint density at radius 3 is 3.05 bits per heavy atom. The van der Waals surface area contributed by atoms with Crippen LogP contribution in [0.15, 0.2) is 36.5 Å². The molecule has 4 rings (SSSR count). The van der Waals surface area contributed by atoms with E-state index in [0.717, 1.165) is 35.5 Å². The second-order valence-electron chi connectivity index (χ2n) is 5.24. The van der Waals surface area contributed by atoms with Gasteiger partial charge in [-0.15, -0.1) is 0 Å². The molecule has 1 aliphatic rings. The molecule has 100 valence electrons. The van der Waals surface area contributed by atoms with Gasteiger partial charge in [0.15, 0.2) is 5.82 Å². The van der Waals surface area contributed by atoms with Crippen molar-refractivity contribution in [2.75, 3.05) is 11.9 Å². The van der Waals surface area contributed by atoms with Gasteiger partial charge in [0, 0.05) is 25.5 Å². The van der Waals surface area contributed by atoms with Crippen LogP contribution in [-0.4, -0.2) is 21.1 Å². The van der Waals surface area contributed by atoms with Crippen LogP contribution < -0.4 is 5.32 Å². The number of pyridine rings is 1. The van der Waals surface area contributed by atoms with Crippen molar-refractivity contribution in [3.05, 3.63) is 42.1 Å². The van der Waals surface area contributed by atoms with Crippen molar-refractivity contribution in [2.24, 2.45) is 7.05 Å². The van der Waals surface area contributed by atoms with Crippen molar-refractivity contribution in [3.63, 3.8) is 0 Å². The minimum atomic E-state index is 0.914.